The molecule has 4 aromatic rings. The van der Waals surface area contributed by atoms with Crippen LogP contribution in [-0.4, -0.2) is 43.1 Å². The molecule has 1 aliphatic heterocycles. The summed E-state index contributed by atoms with van der Waals surface area (Å²) in [6, 6.07) is 10.3. The zero-order valence-electron chi connectivity index (χ0n) is 18.4. The average Bonchev–Trinajstić information content (AvgIpc) is 3.36. The summed E-state index contributed by atoms with van der Waals surface area (Å²) in [4.78, 5) is 19.3. The van der Waals surface area contributed by atoms with Crippen molar-refractivity contribution in [3.05, 3.63) is 82.2 Å². The Labute approximate surface area is 197 Å². The highest BCUT2D eigenvalue weighted by molar-refractivity contribution is 7.17. The summed E-state index contributed by atoms with van der Waals surface area (Å²) in [7, 11) is 0. The lowest BCUT2D eigenvalue weighted by Crippen LogP contribution is -2.58. The van der Waals surface area contributed by atoms with Crippen molar-refractivity contribution in [1.29, 1.82) is 0 Å². The van der Waals surface area contributed by atoms with Gasteiger partial charge in [0.2, 0.25) is 5.06 Å². The van der Waals surface area contributed by atoms with Gasteiger partial charge in [0.1, 0.15) is 23.7 Å². The Kier molecular flexibility index (Phi) is 5.66. The summed E-state index contributed by atoms with van der Waals surface area (Å²) < 4.78 is 36.1. The Morgan fingerprint density at radius 3 is 2.53 bits per heavy atom. The fraction of sp³-hybridized carbons (Fsp3) is 0.261. The number of aryl methyl sites for hydroxylation is 1. The van der Waals surface area contributed by atoms with Crippen molar-refractivity contribution >= 4 is 16.5 Å². The molecule has 2 atom stereocenters. The normalized spacial score (nSPS) is 17.6. The SMILES string of the molecule is Cc1nc(N2C[C@@H](O)[C@@H]2C)sc1Oc1ccc(-n2ncn(Cc3c(F)cccc3F)c2=O)cc1. The van der Waals surface area contributed by atoms with Crippen molar-refractivity contribution in [3.8, 4) is 16.5 Å². The summed E-state index contributed by atoms with van der Waals surface area (Å²) >= 11 is 1.40. The molecule has 1 fully saturated rings. The van der Waals surface area contributed by atoms with Gasteiger partial charge in [-0.05, 0) is 50.2 Å². The molecule has 11 heteroatoms. The molecule has 176 valence electrons. The minimum atomic E-state index is -0.720. The number of hydrogen-bond acceptors (Lipinski definition) is 7. The lowest BCUT2D eigenvalue weighted by Gasteiger charge is -2.43. The monoisotopic (exact) mass is 485 g/mol. The summed E-state index contributed by atoms with van der Waals surface area (Å²) in [6.07, 6.45) is 0.896. The molecule has 0 saturated carbocycles. The highest BCUT2D eigenvalue weighted by atomic mass is 32.1. The van der Waals surface area contributed by atoms with Gasteiger partial charge in [-0.1, -0.05) is 17.4 Å². The molecule has 0 unspecified atom stereocenters. The first-order valence-corrected chi connectivity index (χ1v) is 11.4. The number of anilines is 1. The van der Waals surface area contributed by atoms with E-state index in [1.807, 2.05) is 18.7 Å². The molecule has 2 aromatic heterocycles. The molecule has 1 aliphatic rings. The third-order valence-corrected chi connectivity index (χ3v) is 6.91. The molecule has 1 N–H and O–H groups in total. The summed E-state index contributed by atoms with van der Waals surface area (Å²) in [6.45, 7) is 4.08. The number of halogens is 2. The van der Waals surface area contributed by atoms with Gasteiger partial charge >= 0.3 is 5.69 Å². The molecule has 0 spiro atoms. The van der Waals surface area contributed by atoms with Crippen LogP contribution in [0.1, 0.15) is 18.2 Å². The zero-order valence-corrected chi connectivity index (χ0v) is 19.2. The highest BCUT2D eigenvalue weighted by Crippen LogP contribution is 2.39. The number of benzene rings is 2. The zero-order chi connectivity index (χ0) is 24.0. The number of thiazole rings is 1. The molecule has 5 rings (SSSR count). The Bertz CT molecular complexity index is 1380. The van der Waals surface area contributed by atoms with E-state index in [2.05, 4.69) is 10.1 Å². The highest BCUT2D eigenvalue weighted by Gasteiger charge is 2.36. The average molecular weight is 486 g/mol. The van der Waals surface area contributed by atoms with Gasteiger partial charge in [0.15, 0.2) is 5.13 Å². The van der Waals surface area contributed by atoms with Gasteiger partial charge in [-0.25, -0.2) is 18.6 Å². The molecular weight excluding hydrogens is 464 g/mol. The number of aromatic nitrogens is 4. The van der Waals surface area contributed by atoms with Gasteiger partial charge in [-0.3, -0.25) is 4.57 Å². The summed E-state index contributed by atoms with van der Waals surface area (Å²) in [5.41, 5.74) is 0.502. The molecule has 8 nitrogen and oxygen atoms in total. The molecule has 1 saturated heterocycles. The molecule has 34 heavy (non-hydrogen) atoms. The first-order valence-electron chi connectivity index (χ1n) is 10.6. The molecule has 0 bridgehead atoms. The Balaban J connectivity index is 1.32. The Morgan fingerprint density at radius 2 is 1.88 bits per heavy atom. The number of β-amino-alcohol motifs (C(OH)–C–C–N with tert-alkyl or cyclic N) is 1. The van der Waals surface area contributed by atoms with Crippen LogP contribution in [0.2, 0.25) is 0 Å². The lowest BCUT2D eigenvalue weighted by molar-refractivity contribution is 0.0994. The molecule has 0 aliphatic carbocycles. The number of nitrogens with zero attached hydrogens (tertiary/aromatic N) is 5. The van der Waals surface area contributed by atoms with Crippen molar-refractivity contribution in [2.24, 2.45) is 0 Å². The number of aliphatic hydroxyl groups excluding tert-OH is 1. The molecule has 0 radical (unpaired) electrons. The first-order chi connectivity index (χ1) is 16.3. The fourth-order valence-electron chi connectivity index (χ4n) is 3.66. The number of rotatable bonds is 6. The van der Waals surface area contributed by atoms with Crippen molar-refractivity contribution in [2.45, 2.75) is 32.5 Å². The minimum Gasteiger partial charge on any atom is -0.445 e. The van der Waals surface area contributed by atoms with E-state index in [1.54, 1.807) is 24.3 Å². The van der Waals surface area contributed by atoms with Crippen molar-refractivity contribution < 1.29 is 18.6 Å². The van der Waals surface area contributed by atoms with Crippen LogP contribution < -0.4 is 15.3 Å². The second-order valence-electron chi connectivity index (χ2n) is 8.08. The van der Waals surface area contributed by atoms with E-state index < -0.39 is 17.3 Å². The van der Waals surface area contributed by atoms with Crippen LogP contribution in [0.25, 0.3) is 5.69 Å². The van der Waals surface area contributed by atoms with Crippen molar-refractivity contribution in [1.82, 2.24) is 19.3 Å². The number of ether oxygens (including phenoxy) is 1. The number of aliphatic hydroxyl groups is 1. The maximum absolute atomic E-state index is 13.9. The topological polar surface area (TPSA) is 85.4 Å². The van der Waals surface area contributed by atoms with Crippen LogP contribution in [-0.2, 0) is 6.54 Å². The lowest BCUT2D eigenvalue weighted by atomic mass is 10.0. The fourth-order valence-corrected chi connectivity index (χ4v) is 4.70. The van der Waals surface area contributed by atoms with E-state index in [9.17, 15) is 18.7 Å². The van der Waals surface area contributed by atoms with Gasteiger partial charge in [0.05, 0.1) is 30.1 Å². The third kappa shape index (κ3) is 3.97. The summed E-state index contributed by atoms with van der Waals surface area (Å²) in [5, 5.41) is 15.2. The predicted octanol–water partition coefficient (Wildman–Crippen LogP) is 3.49. The second-order valence-corrected chi connectivity index (χ2v) is 9.02. The van der Waals surface area contributed by atoms with Crippen LogP contribution in [0.15, 0.2) is 53.6 Å². The predicted molar refractivity (Wildman–Crippen MR) is 123 cm³/mol. The number of hydrogen-bond donors (Lipinski definition) is 1. The molecule has 0 amide bonds. The van der Waals surface area contributed by atoms with E-state index in [1.165, 1.54) is 23.7 Å². The van der Waals surface area contributed by atoms with Crippen molar-refractivity contribution in [3.63, 3.8) is 0 Å². The van der Waals surface area contributed by atoms with Gasteiger partial charge < -0.3 is 14.7 Å². The van der Waals surface area contributed by atoms with Crippen molar-refractivity contribution in [2.75, 3.05) is 11.4 Å². The molecule has 2 aromatic carbocycles. The van der Waals surface area contributed by atoms with Gasteiger partial charge in [0.25, 0.3) is 0 Å². The van der Waals surface area contributed by atoms with Gasteiger partial charge in [0, 0.05) is 12.1 Å². The van der Waals surface area contributed by atoms with Crippen LogP contribution in [0.3, 0.4) is 0 Å². The Hall–Kier alpha value is -3.57. The van der Waals surface area contributed by atoms with Gasteiger partial charge in [-0.15, -0.1) is 0 Å². The standard InChI is InChI=1S/C23H21F2N5O3S/c1-13-21(34-22(27-13)29-11-20(31)14(29)2)33-16-8-6-15(7-9-16)30-23(32)28(12-26-30)10-17-18(24)4-3-5-19(17)25/h3-9,12,14,20,31H,10-11H2,1-2H3/t14-,20+/m0/s1. The van der Waals surface area contributed by atoms with E-state index in [0.717, 1.165) is 32.2 Å². The van der Waals surface area contributed by atoms with Crippen LogP contribution >= 0.6 is 11.3 Å². The van der Waals surface area contributed by atoms with E-state index in [4.69, 9.17) is 4.74 Å². The van der Waals surface area contributed by atoms with Crippen LogP contribution in [0, 0.1) is 18.6 Å². The van der Waals surface area contributed by atoms with Crippen LogP contribution in [0.4, 0.5) is 13.9 Å². The molecular formula is C23H21F2N5O3S. The van der Waals surface area contributed by atoms with E-state index in [-0.39, 0.29) is 24.3 Å². The maximum atomic E-state index is 13.9. The van der Waals surface area contributed by atoms with Gasteiger partial charge in [-0.2, -0.15) is 9.78 Å². The minimum absolute atomic E-state index is 0.0191. The Morgan fingerprint density at radius 1 is 1.18 bits per heavy atom. The molecule has 3 heterocycles. The summed E-state index contributed by atoms with van der Waals surface area (Å²) in [5.74, 6) is -0.885. The third-order valence-electron chi connectivity index (χ3n) is 5.84. The van der Waals surface area contributed by atoms with Crippen LogP contribution in [0.5, 0.6) is 10.8 Å². The quantitative estimate of drug-likeness (QED) is 0.450. The largest absolute Gasteiger partial charge is 0.445 e. The van der Waals surface area contributed by atoms with E-state index >= 15 is 0 Å². The smallest absolute Gasteiger partial charge is 0.350 e. The van der Waals surface area contributed by atoms with E-state index in [0.29, 0.717) is 23.0 Å². The maximum Gasteiger partial charge on any atom is 0.350 e. The first kappa shape index (κ1) is 22.2. The second kappa shape index (κ2) is 8.65.